The van der Waals surface area contributed by atoms with Crippen molar-refractivity contribution in [1.29, 1.82) is 0 Å². The molecule has 0 aromatic heterocycles. The van der Waals surface area contributed by atoms with E-state index in [9.17, 15) is 19.8 Å². The van der Waals surface area contributed by atoms with E-state index in [2.05, 4.69) is 13.0 Å². The van der Waals surface area contributed by atoms with Crippen LogP contribution < -0.4 is 0 Å². The average Bonchev–Trinajstić information content (AvgIpc) is 3.28. The van der Waals surface area contributed by atoms with E-state index in [-0.39, 0.29) is 36.2 Å². The Morgan fingerprint density at radius 3 is 2.56 bits per heavy atom. The van der Waals surface area contributed by atoms with Crippen molar-refractivity contribution < 1.29 is 29.3 Å². The van der Waals surface area contributed by atoms with Crippen molar-refractivity contribution in [2.75, 3.05) is 7.11 Å². The fourth-order valence-electron chi connectivity index (χ4n) is 4.94. The molecule has 0 spiro atoms. The fraction of sp³-hybridized carbons (Fsp3) is 0.769. The number of methoxy groups -OCH3 is 1. The predicted molar refractivity (Wildman–Crippen MR) is 124 cm³/mol. The third-order valence-corrected chi connectivity index (χ3v) is 7.18. The highest BCUT2D eigenvalue weighted by molar-refractivity contribution is 5.79. The summed E-state index contributed by atoms with van der Waals surface area (Å²) in [4.78, 5) is 23.8. The van der Waals surface area contributed by atoms with Gasteiger partial charge in [0.05, 0.1) is 19.3 Å². The number of carbonyl (C=O) groups is 2. The molecule has 2 N–H and O–H groups in total. The summed E-state index contributed by atoms with van der Waals surface area (Å²) >= 11 is 0. The predicted octanol–water partition coefficient (Wildman–Crippen LogP) is 4.19. The molecule has 0 amide bonds. The molecule has 0 saturated heterocycles. The van der Waals surface area contributed by atoms with Crippen molar-refractivity contribution in [1.82, 2.24) is 0 Å². The van der Waals surface area contributed by atoms with Gasteiger partial charge in [-0.15, -0.1) is 0 Å². The molecule has 0 heterocycles. The number of esters is 2. The molecule has 182 valence electrons. The number of allylic oxidation sites excluding steroid dienone is 2. The van der Waals surface area contributed by atoms with Crippen LogP contribution in [-0.4, -0.2) is 47.6 Å². The van der Waals surface area contributed by atoms with Crippen LogP contribution in [0.5, 0.6) is 0 Å². The first kappa shape index (κ1) is 26.6. The van der Waals surface area contributed by atoms with Crippen LogP contribution in [0.3, 0.4) is 0 Å². The van der Waals surface area contributed by atoms with Gasteiger partial charge in [-0.25, -0.2) is 4.79 Å². The quantitative estimate of drug-likeness (QED) is 0.278. The maximum absolute atomic E-state index is 12.1. The van der Waals surface area contributed by atoms with E-state index in [0.717, 1.165) is 32.1 Å². The number of unbranched alkanes of at least 4 members (excludes halogenated alkanes) is 1. The summed E-state index contributed by atoms with van der Waals surface area (Å²) in [5.41, 5.74) is 1.40. The van der Waals surface area contributed by atoms with Crippen LogP contribution in [0.2, 0.25) is 0 Å². The summed E-state index contributed by atoms with van der Waals surface area (Å²) in [6.07, 6.45) is 9.95. The maximum Gasteiger partial charge on any atom is 0.347 e. The zero-order valence-electron chi connectivity index (χ0n) is 20.3. The number of aliphatic hydroxyl groups is 2. The monoisotopic (exact) mass is 450 g/mol. The Kier molecular flexibility index (Phi) is 10.4. The van der Waals surface area contributed by atoms with E-state index in [1.165, 1.54) is 12.7 Å². The van der Waals surface area contributed by atoms with Crippen LogP contribution in [0.25, 0.3) is 0 Å². The molecule has 0 aromatic rings. The number of carbonyl (C=O) groups excluding carboxylic acids is 2. The first-order chi connectivity index (χ1) is 15.2. The number of hydrogen-bond donors (Lipinski definition) is 2. The molecule has 2 unspecified atom stereocenters. The second kappa shape index (κ2) is 12.5. The molecule has 2 rings (SSSR count). The third-order valence-electron chi connectivity index (χ3n) is 7.18. The Morgan fingerprint density at radius 1 is 1.22 bits per heavy atom. The topological polar surface area (TPSA) is 93.1 Å². The van der Waals surface area contributed by atoms with Gasteiger partial charge in [-0.05, 0) is 49.9 Å². The lowest BCUT2D eigenvalue weighted by Crippen LogP contribution is -2.33. The number of aliphatic hydroxyl groups excluding tert-OH is 2. The summed E-state index contributed by atoms with van der Waals surface area (Å²) in [5, 5.41) is 20.7. The highest BCUT2D eigenvalue weighted by Gasteiger charge is 2.45. The van der Waals surface area contributed by atoms with Gasteiger partial charge in [-0.3, -0.25) is 4.79 Å². The summed E-state index contributed by atoms with van der Waals surface area (Å²) in [6, 6.07) is 0. The first-order valence-electron chi connectivity index (χ1n) is 12.2. The number of hydrogen-bond acceptors (Lipinski definition) is 6. The molecule has 6 heteroatoms. The van der Waals surface area contributed by atoms with Crippen molar-refractivity contribution in [2.24, 2.45) is 29.6 Å². The van der Waals surface area contributed by atoms with Crippen LogP contribution in [0.4, 0.5) is 0 Å². The Hall–Kier alpha value is -1.66. The zero-order valence-corrected chi connectivity index (χ0v) is 20.3. The summed E-state index contributed by atoms with van der Waals surface area (Å²) in [6.45, 7) is 7.74. The lowest BCUT2D eigenvalue weighted by atomic mass is 9.89. The summed E-state index contributed by atoms with van der Waals surface area (Å²) in [7, 11) is 1.29. The molecule has 2 fully saturated rings. The van der Waals surface area contributed by atoms with E-state index in [0.29, 0.717) is 18.3 Å². The molecular weight excluding hydrogens is 408 g/mol. The van der Waals surface area contributed by atoms with Crippen molar-refractivity contribution in [3.8, 4) is 0 Å². The minimum atomic E-state index is -0.852. The first-order valence-corrected chi connectivity index (χ1v) is 12.2. The van der Waals surface area contributed by atoms with Crippen molar-refractivity contribution in [3.05, 3.63) is 23.8 Å². The van der Waals surface area contributed by atoms with E-state index >= 15 is 0 Å². The van der Waals surface area contributed by atoms with E-state index in [1.807, 2.05) is 32.9 Å². The molecule has 2 aliphatic rings. The lowest BCUT2D eigenvalue weighted by molar-refractivity contribution is -0.169. The fourth-order valence-corrected chi connectivity index (χ4v) is 4.94. The van der Waals surface area contributed by atoms with Crippen LogP contribution in [0.15, 0.2) is 23.8 Å². The molecular formula is C26H42O6. The van der Waals surface area contributed by atoms with Crippen molar-refractivity contribution in [3.63, 3.8) is 0 Å². The second-order valence-corrected chi connectivity index (χ2v) is 9.91. The SMILES string of the molecule is CCC(C)C(O)/C=C/[C@@H]1[C@H]2C/C(=C/CCCC(=O)O[C@H](C(=O)OC)C(C)C)C[C@H]2C[C@H]1O. The van der Waals surface area contributed by atoms with Crippen LogP contribution >= 0.6 is 0 Å². The molecule has 0 radical (unpaired) electrons. The third kappa shape index (κ3) is 7.17. The van der Waals surface area contributed by atoms with E-state index in [1.54, 1.807) is 0 Å². The smallest absolute Gasteiger partial charge is 0.347 e. The van der Waals surface area contributed by atoms with Crippen LogP contribution in [0, 0.1) is 29.6 Å². The van der Waals surface area contributed by atoms with Gasteiger partial charge in [-0.1, -0.05) is 57.9 Å². The second-order valence-electron chi connectivity index (χ2n) is 9.91. The molecule has 0 bridgehead atoms. The summed E-state index contributed by atoms with van der Waals surface area (Å²) < 4.78 is 10.0. The van der Waals surface area contributed by atoms with Gasteiger partial charge in [-0.2, -0.15) is 0 Å². The van der Waals surface area contributed by atoms with Gasteiger partial charge >= 0.3 is 11.9 Å². The number of rotatable bonds is 11. The molecule has 0 aromatic carbocycles. The van der Waals surface area contributed by atoms with Crippen molar-refractivity contribution >= 4 is 11.9 Å². The van der Waals surface area contributed by atoms with Crippen LogP contribution in [0.1, 0.15) is 72.6 Å². The molecule has 0 aliphatic heterocycles. The van der Waals surface area contributed by atoms with Gasteiger partial charge in [0.15, 0.2) is 0 Å². The molecule has 2 aliphatic carbocycles. The van der Waals surface area contributed by atoms with Gasteiger partial charge < -0.3 is 19.7 Å². The maximum atomic E-state index is 12.1. The minimum absolute atomic E-state index is 0.103. The Bertz CT molecular complexity index is 682. The van der Waals surface area contributed by atoms with Crippen molar-refractivity contribution in [2.45, 2.75) is 91.0 Å². The van der Waals surface area contributed by atoms with E-state index < -0.39 is 18.2 Å². The Morgan fingerprint density at radius 2 is 1.94 bits per heavy atom. The van der Waals surface area contributed by atoms with E-state index in [4.69, 9.17) is 9.47 Å². The van der Waals surface area contributed by atoms with Gasteiger partial charge in [0.2, 0.25) is 6.10 Å². The summed E-state index contributed by atoms with van der Waals surface area (Å²) in [5.74, 6) is 0.215. The normalized spacial score (nSPS) is 29.3. The molecule has 6 nitrogen and oxygen atoms in total. The minimum Gasteiger partial charge on any atom is -0.466 e. The average molecular weight is 451 g/mol. The Balaban J connectivity index is 1.81. The number of fused-ring (bicyclic) bond motifs is 1. The van der Waals surface area contributed by atoms with Gasteiger partial charge in [0, 0.05) is 18.3 Å². The van der Waals surface area contributed by atoms with Crippen LogP contribution in [-0.2, 0) is 19.1 Å². The standard InChI is InChI=1S/C26H42O6/c1-6-17(4)22(27)12-11-20-21-14-18(13-19(21)15-23(20)28)9-7-8-10-24(29)32-25(16(2)3)26(30)31-5/h9,11-12,16-17,19-23,25,27-28H,6-8,10,13-15H2,1-5H3/b12-11+,18-9+/t17?,19-,20+,21-,22?,23+,25-/m0/s1. The lowest BCUT2D eigenvalue weighted by Gasteiger charge is -2.19. The molecule has 7 atom stereocenters. The number of ether oxygens (including phenoxy) is 2. The highest BCUT2D eigenvalue weighted by atomic mass is 16.6. The molecule has 2 saturated carbocycles. The van der Waals surface area contributed by atoms with Gasteiger partial charge in [0.25, 0.3) is 0 Å². The largest absolute Gasteiger partial charge is 0.466 e. The zero-order chi connectivity index (χ0) is 23.8. The molecule has 32 heavy (non-hydrogen) atoms. The van der Waals surface area contributed by atoms with Gasteiger partial charge in [0.1, 0.15) is 0 Å². The Labute approximate surface area is 193 Å². The highest BCUT2D eigenvalue weighted by Crippen LogP contribution is 2.50.